The molecule has 2 saturated heterocycles. The Morgan fingerprint density at radius 3 is 2.19 bits per heavy atom. The zero-order valence-electron chi connectivity index (χ0n) is 15.7. The van der Waals surface area contributed by atoms with Gasteiger partial charge in [0.1, 0.15) is 5.82 Å². The molecule has 0 N–H and O–H groups in total. The largest absolute Gasteiger partial charge is 0.379 e. The van der Waals surface area contributed by atoms with E-state index in [0.717, 1.165) is 38.4 Å². The van der Waals surface area contributed by atoms with Crippen LogP contribution in [-0.4, -0.2) is 85.5 Å². The van der Waals surface area contributed by atoms with Gasteiger partial charge >= 0.3 is 0 Å². The predicted octanol–water partition coefficient (Wildman–Crippen LogP) is 1.15. The van der Waals surface area contributed by atoms with Crippen molar-refractivity contribution in [1.82, 2.24) is 14.7 Å². The number of hydrogen-bond donors (Lipinski definition) is 0. The first kappa shape index (κ1) is 19.8. The highest BCUT2D eigenvalue weighted by atomic mass is 19.1. The standard InChI is InChI=1S/C20H28FN3O3/c21-18-3-1-2-17(16-18)4-5-19(25)23-8-10-24(11-9-23)20(26)6-7-22-12-14-27-15-13-22/h1-3,16H,4-15H2. The highest BCUT2D eigenvalue weighted by molar-refractivity contribution is 5.78. The lowest BCUT2D eigenvalue weighted by Gasteiger charge is -2.35. The Balaban J connectivity index is 1.36. The van der Waals surface area contributed by atoms with Crippen LogP contribution in [0.3, 0.4) is 0 Å². The van der Waals surface area contributed by atoms with Crippen LogP contribution in [0.1, 0.15) is 18.4 Å². The smallest absolute Gasteiger partial charge is 0.223 e. The number of carbonyl (C=O) groups excluding carboxylic acids is 2. The van der Waals surface area contributed by atoms with Gasteiger partial charge in [0, 0.05) is 58.7 Å². The predicted molar refractivity (Wildman–Crippen MR) is 99.8 cm³/mol. The van der Waals surface area contributed by atoms with Crippen LogP contribution in [0.2, 0.25) is 0 Å². The maximum Gasteiger partial charge on any atom is 0.223 e. The zero-order chi connectivity index (χ0) is 19.1. The summed E-state index contributed by atoms with van der Waals surface area (Å²) in [5, 5.41) is 0. The van der Waals surface area contributed by atoms with Crippen LogP contribution in [0.4, 0.5) is 4.39 Å². The van der Waals surface area contributed by atoms with Gasteiger partial charge in [0.2, 0.25) is 11.8 Å². The van der Waals surface area contributed by atoms with Gasteiger partial charge in [-0.15, -0.1) is 0 Å². The molecular weight excluding hydrogens is 349 g/mol. The monoisotopic (exact) mass is 377 g/mol. The maximum atomic E-state index is 13.2. The molecule has 0 unspecified atom stereocenters. The Morgan fingerprint density at radius 1 is 0.926 bits per heavy atom. The van der Waals surface area contributed by atoms with E-state index in [1.54, 1.807) is 6.07 Å². The summed E-state index contributed by atoms with van der Waals surface area (Å²) in [7, 11) is 0. The van der Waals surface area contributed by atoms with Gasteiger partial charge in [-0.2, -0.15) is 0 Å². The third kappa shape index (κ3) is 6.01. The molecule has 2 amide bonds. The van der Waals surface area contributed by atoms with Crippen LogP contribution >= 0.6 is 0 Å². The summed E-state index contributed by atoms with van der Waals surface area (Å²) in [5.74, 6) is -0.0443. The number of carbonyl (C=O) groups is 2. The van der Waals surface area contributed by atoms with Crippen LogP contribution < -0.4 is 0 Å². The van der Waals surface area contributed by atoms with Crippen LogP contribution in [0.15, 0.2) is 24.3 Å². The second-order valence-corrected chi connectivity index (χ2v) is 7.10. The fourth-order valence-corrected chi connectivity index (χ4v) is 3.54. The van der Waals surface area contributed by atoms with E-state index in [1.807, 2.05) is 15.9 Å². The number of ether oxygens (including phenoxy) is 1. The molecular formula is C20H28FN3O3. The highest BCUT2D eigenvalue weighted by Crippen LogP contribution is 2.10. The molecule has 6 nitrogen and oxygen atoms in total. The molecule has 0 spiro atoms. The van der Waals surface area contributed by atoms with E-state index in [0.29, 0.717) is 45.4 Å². The van der Waals surface area contributed by atoms with Crippen LogP contribution in [-0.2, 0) is 20.7 Å². The number of benzene rings is 1. The minimum absolute atomic E-state index is 0.0691. The first-order valence-corrected chi connectivity index (χ1v) is 9.72. The average Bonchev–Trinajstić information content (AvgIpc) is 2.71. The van der Waals surface area contributed by atoms with Crippen molar-refractivity contribution < 1.29 is 18.7 Å². The second-order valence-electron chi connectivity index (χ2n) is 7.10. The first-order chi connectivity index (χ1) is 13.1. The molecule has 27 heavy (non-hydrogen) atoms. The quantitative estimate of drug-likeness (QED) is 0.746. The molecule has 0 bridgehead atoms. The van der Waals surface area contributed by atoms with Gasteiger partial charge in [-0.05, 0) is 24.1 Å². The van der Waals surface area contributed by atoms with Gasteiger partial charge in [0.15, 0.2) is 0 Å². The number of nitrogens with zero attached hydrogens (tertiary/aromatic N) is 3. The Morgan fingerprint density at radius 2 is 1.56 bits per heavy atom. The molecule has 1 aromatic rings. The molecule has 0 saturated carbocycles. The topological polar surface area (TPSA) is 53.1 Å². The summed E-state index contributed by atoms with van der Waals surface area (Å²) in [5.41, 5.74) is 0.834. The normalized spacial score (nSPS) is 18.6. The number of amides is 2. The molecule has 0 aromatic heterocycles. The molecule has 2 fully saturated rings. The van der Waals surface area contributed by atoms with Crippen LogP contribution in [0.25, 0.3) is 0 Å². The van der Waals surface area contributed by atoms with E-state index in [9.17, 15) is 14.0 Å². The van der Waals surface area contributed by atoms with Crippen LogP contribution in [0.5, 0.6) is 0 Å². The molecule has 0 aliphatic carbocycles. The van der Waals surface area contributed by atoms with Crippen molar-refractivity contribution in [2.45, 2.75) is 19.3 Å². The number of aryl methyl sites for hydroxylation is 1. The van der Waals surface area contributed by atoms with Crippen molar-refractivity contribution in [3.63, 3.8) is 0 Å². The van der Waals surface area contributed by atoms with Crippen molar-refractivity contribution in [2.75, 3.05) is 59.0 Å². The zero-order valence-corrected chi connectivity index (χ0v) is 15.7. The van der Waals surface area contributed by atoms with E-state index in [1.165, 1.54) is 12.1 Å². The summed E-state index contributed by atoms with van der Waals surface area (Å²) in [6.07, 6.45) is 1.43. The molecule has 2 aliphatic heterocycles. The summed E-state index contributed by atoms with van der Waals surface area (Å²) < 4.78 is 18.5. The third-order valence-corrected chi connectivity index (χ3v) is 5.25. The summed E-state index contributed by atoms with van der Waals surface area (Å²) in [4.78, 5) is 30.7. The van der Waals surface area contributed by atoms with Crippen molar-refractivity contribution >= 4 is 11.8 Å². The van der Waals surface area contributed by atoms with E-state index < -0.39 is 0 Å². The number of piperazine rings is 1. The second kappa shape index (κ2) is 9.80. The Bertz CT molecular complexity index is 641. The molecule has 148 valence electrons. The van der Waals surface area contributed by atoms with Gasteiger partial charge in [-0.3, -0.25) is 14.5 Å². The Hall–Kier alpha value is -1.99. The average molecular weight is 377 g/mol. The molecule has 0 atom stereocenters. The lowest BCUT2D eigenvalue weighted by atomic mass is 10.1. The minimum Gasteiger partial charge on any atom is -0.379 e. The number of hydrogen-bond acceptors (Lipinski definition) is 4. The lowest BCUT2D eigenvalue weighted by Crippen LogP contribution is -2.51. The van der Waals surface area contributed by atoms with E-state index in [2.05, 4.69) is 4.90 Å². The van der Waals surface area contributed by atoms with Gasteiger partial charge in [-0.25, -0.2) is 4.39 Å². The molecule has 2 aliphatic rings. The molecule has 7 heteroatoms. The number of halogens is 1. The molecule has 3 rings (SSSR count). The number of rotatable bonds is 6. The fraction of sp³-hybridized carbons (Fsp3) is 0.600. The van der Waals surface area contributed by atoms with Gasteiger partial charge in [0.05, 0.1) is 13.2 Å². The minimum atomic E-state index is -0.274. The highest BCUT2D eigenvalue weighted by Gasteiger charge is 2.24. The van der Waals surface area contributed by atoms with Gasteiger partial charge in [0.25, 0.3) is 0 Å². The summed E-state index contributed by atoms with van der Waals surface area (Å²) >= 11 is 0. The van der Waals surface area contributed by atoms with Crippen molar-refractivity contribution in [1.29, 1.82) is 0 Å². The van der Waals surface area contributed by atoms with E-state index in [-0.39, 0.29) is 17.6 Å². The SMILES string of the molecule is O=C(CCc1cccc(F)c1)N1CCN(C(=O)CCN2CCOCC2)CC1. The maximum absolute atomic E-state index is 13.2. The lowest BCUT2D eigenvalue weighted by molar-refractivity contribution is -0.139. The Kier molecular flexibility index (Phi) is 7.18. The van der Waals surface area contributed by atoms with Crippen molar-refractivity contribution in [2.24, 2.45) is 0 Å². The van der Waals surface area contributed by atoms with Crippen molar-refractivity contribution in [3.05, 3.63) is 35.6 Å². The molecule has 0 radical (unpaired) electrons. The third-order valence-electron chi connectivity index (χ3n) is 5.25. The number of morpholine rings is 1. The van der Waals surface area contributed by atoms with Crippen LogP contribution in [0, 0.1) is 5.82 Å². The van der Waals surface area contributed by atoms with E-state index >= 15 is 0 Å². The summed E-state index contributed by atoms with van der Waals surface area (Å²) in [6.45, 7) is 6.36. The van der Waals surface area contributed by atoms with Gasteiger partial charge < -0.3 is 14.5 Å². The molecule has 2 heterocycles. The Labute approximate surface area is 159 Å². The fourth-order valence-electron chi connectivity index (χ4n) is 3.54. The first-order valence-electron chi connectivity index (χ1n) is 9.72. The van der Waals surface area contributed by atoms with Gasteiger partial charge in [-0.1, -0.05) is 12.1 Å². The molecule has 1 aromatic carbocycles. The summed E-state index contributed by atoms with van der Waals surface area (Å²) in [6, 6.07) is 6.37. The van der Waals surface area contributed by atoms with Crippen molar-refractivity contribution in [3.8, 4) is 0 Å². The van der Waals surface area contributed by atoms with E-state index in [4.69, 9.17) is 4.74 Å².